The normalized spacial score (nSPS) is 11.9. The molecular formula is C14H21NO3. The molecule has 18 heavy (non-hydrogen) atoms. The summed E-state index contributed by atoms with van der Waals surface area (Å²) in [5.41, 5.74) is 7.11. The van der Waals surface area contributed by atoms with Crippen LogP contribution in [-0.4, -0.2) is 19.7 Å². The van der Waals surface area contributed by atoms with Gasteiger partial charge in [-0.3, -0.25) is 4.79 Å². The number of hydrogen-bond acceptors (Lipinski definition) is 4. The van der Waals surface area contributed by atoms with Crippen LogP contribution in [0.5, 0.6) is 5.75 Å². The Hall–Kier alpha value is -1.55. The summed E-state index contributed by atoms with van der Waals surface area (Å²) in [6, 6.07) is 7.71. The molecule has 4 heteroatoms. The van der Waals surface area contributed by atoms with Gasteiger partial charge in [-0.1, -0.05) is 12.1 Å². The third-order valence-electron chi connectivity index (χ3n) is 2.74. The molecule has 0 aliphatic heterocycles. The first-order chi connectivity index (χ1) is 8.67. The maximum Gasteiger partial charge on any atom is 0.305 e. The van der Waals surface area contributed by atoms with E-state index in [4.69, 9.17) is 10.5 Å². The molecule has 4 nitrogen and oxygen atoms in total. The van der Waals surface area contributed by atoms with Crippen LogP contribution in [-0.2, 0) is 9.53 Å². The van der Waals surface area contributed by atoms with E-state index in [9.17, 15) is 4.79 Å². The quantitative estimate of drug-likeness (QED) is 0.756. The smallest absolute Gasteiger partial charge is 0.305 e. The lowest BCUT2D eigenvalue weighted by molar-refractivity contribution is -0.140. The second-order valence-corrected chi connectivity index (χ2v) is 4.08. The van der Waals surface area contributed by atoms with Crippen molar-refractivity contribution in [1.82, 2.24) is 0 Å². The molecule has 0 heterocycles. The van der Waals surface area contributed by atoms with E-state index in [1.165, 1.54) is 7.11 Å². The third kappa shape index (κ3) is 4.75. The first-order valence-electron chi connectivity index (χ1n) is 6.22. The lowest BCUT2D eigenvalue weighted by Crippen LogP contribution is -2.11. The molecule has 0 saturated carbocycles. The number of hydrogen-bond donors (Lipinski definition) is 1. The summed E-state index contributed by atoms with van der Waals surface area (Å²) in [5, 5.41) is 0. The van der Waals surface area contributed by atoms with Gasteiger partial charge in [-0.2, -0.15) is 0 Å². The SMILES string of the molecule is CCOc1ccc(C(N)CCCC(=O)OC)cc1. The van der Waals surface area contributed by atoms with Crippen molar-refractivity contribution in [3.63, 3.8) is 0 Å². The lowest BCUT2D eigenvalue weighted by atomic mass is 10.0. The second-order valence-electron chi connectivity index (χ2n) is 4.08. The molecule has 0 spiro atoms. The minimum absolute atomic E-state index is 0.0506. The average Bonchev–Trinajstić information content (AvgIpc) is 2.39. The van der Waals surface area contributed by atoms with Crippen LogP contribution in [0.25, 0.3) is 0 Å². The van der Waals surface area contributed by atoms with Crippen LogP contribution in [0.15, 0.2) is 24.3 Å². The highest BCUT2D eigenvalue weighted by molar-refractivity contribution is 5.68. The van der Waals surface area contributed by atoms with Crippen molar-refractivity contribution in [2.24, 2.45) is 5.73 Å². The zero-order valence-electron chi connectivity index (χ0n) is 11.0. The van der Waals surface area contributed by atoms with Crippen LogP contribution in [0, 0.1) is 0 Å². The molecule has 0 radical (unpaired) electrons. The van der Waals surface area contributed by atoms with Gasteiger partial charge in [0.05, 0.1) is 13.7 Å². The van der Waals surface area contributed by atoms with E-state index in [1.54, 1.807) is 0 Å². The molecule has 0 aromatic heterocycles. The Morgan fingerprint density at radius 3 is 2.56 bits per heavy atom. The summed E-state index contributed by atoms with van der Waals surface area (Å²) in [6.07, 6.45) is 1.92. The molecule has 0 saturated heterocycles. The number of esters is 1. The summed E-state index contributed by atoms with van der Waals surface area (Å²) in [6.45, 7) is 2.61. The van der Waals surface area contributed by atoms with Gasteiger partial charge in [0.25, 0.3) is 0 Å². The van der Waals surface area contributed by atoms with Crippen molar-refractivity contribution in [3.05, 3.63) is 29.8 Å². The molecular weight excluding hydrogens is 230 g/mol. The van der Waals surface area contributed by atoms with Crippen molar-refractivity contribution in [3.8, 4) is 5.75 Å². The van der Waals surface area contributed by atoms with Crippen molar-refractivity contribution >= 4 is 5.97 Å². The Labute approximate surface area is 108 Å². The van der Waals surface area contributed by atoms with Crippen LogP contribution in [0.2, 0.25) is 0 Å². The molecule has 1 aromatic rings. The van der Waals surface area contributed by atoms with E-state index >= 15 is 0 Å². The summed E-state index contributed by atoms with van der Waals surface area (Å²) < 4.78 is 9.95. The van der Waals surface area contributed by atoms with Gasteiger partial charge in [0.15, 0.2) is 0 Å². The fourth-order valence-corrected chi connectivity index (χ4v) is 1.71. The largest absolute Gasteiger partial charge is 0.494 e. The average molecular weight is 251 g/mol. The zero-order chi connectivity index (χ0) is 13.4. The Morgan fingerprint density at radius 1 is 1.33 bits per heavy atom. The number of benzene rings is 1. The second kappa shape index (κ2) is 7.71. The fraction of sp³-hybridized carbons (Fsp3) is 0.500. The summed E-state index contributed by atoms with van der Waals surface area (Å²) in [4.78, 5) is 11.0. The van der Waals surface area contributed by atoms with E-state index in [2.05, 4.69) is 4.74 Å². The number of rotatable bonds is 7. The standard InChI is InChI=1S/C14H21NO3/c1-3-18-12-9-7-11(8-10-12)13(15)5-4-6-14(16)17-2/h7-10,13H,3-6,15H2,1-2H3. The van der Waals surface area contributed by atoms with E-state index < -0.39 is 0 Å². The maximum atomic E-state index is 11.0. The molecule has 0 fully saturated rings. The maximum absolute atomic E-state index is 11.0. The minimum Gasteiger partial charge on any atom is -0.494 e. The highest BCUT2D eigenvalue weighted by Crippen LogP contribution is 2.20. The van der Waals surface area contributed by atoms with Gasteiger partial charge >= 0.3 is 5.97 Å². The topological polar surface area (TPSA) is 61.5 Å². The van der Waals surface area contributed by atoms with Crippen LogP contribution in [0.4, 0.5) is 0 Å². The van der Waals surface area contributed by atoms with E-state index in [1.807, 2.05) is 31.2 Å². The number of nitrogens with two attached hydrogens (primary N) is 1. The molecule has 1 unspecified atom stereocenters. The highest BCUT2D eigenvalue weighted by Gasteiger charge is 2.08. The zero-order valence-corrected chi connectivity index (χ0v) is 11.0. The number of ether oxygens (including phenoxy) is 2. The Kier molecular flexibility index (Phi) is 6.22. The van der Waals surface area contributed by atoms with Gasteiger partial charge in [0, 0.05) is 12.5 Å². The number of methoxy groups -OCH3 is 1. The molecule has 2 N–H and O–H groups in total. The first kappa shape index (κ1) is 14.5. The predicted molar refractivity (Wildman–Crippen MR) is 70.4 cm³/mol. The molecule has 0 bridgehead atoms. The third-order valence-corrected chi connectivity index (χ3v) is 2.74. The number of carbonyl (C=O) groups excluding carboxylic acids is 1. The summed E-state index contributed by atoms with van der Waals surface area (Å²) in [5.74, 6) is 0.664. The van der Waals surface area contributed by atoms with Crippen LogP contribution < -0.4 is 10.5 Å². The van der Waals surface area contributed by atoms with Gasteiger partial charge < -0.3 is 15.2 Å². The van der Waals surface area contributed by atoms with E-state index in [0.29, 0.717) is 13.0 Å². The van der Waals surface area contributed by atoms with Crippen molar-refractivity contribution in [2.45, 2.75) is 32.2 Å². The summed E-state index contributed by atoms with van der Waals surface area (Å²) in [7, 11) is 1.40. The van der Waals surface area contributed by atoms with Gasteiger partial charge in [-0.25, -0.2) is 0 Å². The van der Waals surface area contributed by atoms with Gasteiger partial charge in [-0.15, -0.1) is 0 Å². The van der Waals surface area contributed by atoms with Gasteiger partial charge in [0.1, 0.15) is 5.75 Å². The minimum atomic E-state index is -0.186. The lowest BCUT2D eigenvalue weighted by Gasteiger charge is -2.12. The van der Waals surface area contributed by atoms with E-state index in [0.717, 1.165) is 24.2 Å². The molecule has 0 amide bonds. The molecule has 100 valence electrons. The molecule has 1 atom stereocenters. The summed E-state index contributed by atoms with van der Waals surface area (Å²) >= 11 is 0. The van der Waals surface area contributed by atoms with Crippen molar-refractivity contribution < 1.29 is 14.3 Å². The highest BCUT2D eigenvalue weighted by atomic mass is 16.5. The van der Waals surface area contributed by atoms with Crippen molar-refractivity contribution in [1.29, 1.82) is 0 Å². The van der Waals surface area contributed by atoms with Crippen LogP contribution in [0.1, 0.15) is 37.8 Å². The van der Waals surface area contributed by atoms with Crippen LogP contribution >= 0.6 is 0 Å². The first-order valence-corrected chi connectivity index (χ1v) is 6.22. The molecule has 0 aliphatic carbocycles. The predicted octanol–water partition coefficient (Wildman–Crippen LogP) is 2.43. The monoisotopic (exact) mass is 251 g/mol. The molecule has 1 aromatic carbocycles. The fourth-order valence-electron chi connectivity index (χ4n) is 1.71. The Bertz CT molecular complexity index is 362. The Balaban J connectivity index is 2.41. The van der Waals surface area contributed by atoms with Crippen molar-refractivity contribution in [2.75, 3.05) is 13.7 Å². The van der Waals surface area contributed by atoms with Gasteiger partial charge in [0.2, 0.25) is 0 Å². The van der Waals surface area contributed by atoms with Gasteiger partial charge in [-0.05, 0) is 37.5 Å². The van der Waals surface area contributed by atoms with Crippen LogP contribution in [0.3, 0.4) is 0 Å². The molecule has 0 aliphatic rings. The van der Waals surface area contributed by atoms with E-state index in [-0.39, 0.29) is 12.0 Å². The Morgan fingerprint density at radius 2 is 2.00 bits per heavy atom. The number of carbonyl (C=O) groups is 1. The molecule has 1 rings (SSSR count).